The Morgan fingerprint density at radius 3 is 2.19 bits per heavy atom. The van der Waals surface area contributed by atoms with Crippen LogP contribution < -0.4 is 5.32 Å². The normalized spacial score (nSPS) is 21.4. The lowest BCUT2D eigenvalue weighted by Crippen LogP contribution is -2.57. The topological polar surface area (TPSA) is 138 Å². The zero-order valence-corrected chi connectivity index (χ0v) is 21.2. The van der Waals surface area contributed by atoms with Crippen LogP contribution in [0.4, 0.5) is 13.2 Å². The van der Waals surface area contributed by atoms with E-state index < -0.39 is 22.2 Å². The second-order valence-electron chi connectivity index (χ2n) is 9.63. The van der Waals surface area contributed by atoms with E-state index in [1.54, 1.807) is 0 Å². The van der Waals surface area contributed by atoms with Crippen LogP contribution >= 0.6 is 0 Å². The Morgan fingerprint density at radius 2 is 1.67 bits per heavy atom. The zero-order valence-electron chi connectivity index (χ0n) is 20.4. The van der Waals surface area contributed by atoms with Crippen molar-refractivity contribution in [3.05, 3.63) is 11.6 Å². The maximum absolute atomic E-state index is 12.8. The van der Waals surface area contributed by atoms with E-state index in [2.05, 4.69) is 27.5 Å². The third kappa shape index (κ3) is 6.35. The van der Waals surface area contributed by atoms with E-state index in [9.17, 15) is 26.4 Å². The molecule has 1 saturated carbocycles. The van der Waals surface area contributed by atoms with Gasteiger partial charge in [0.05, 0.1) is 11.8 Å². The Hall–Kier alpha value is -2.26. The zero-order chi connectivity index (χ0) is 26.7. The van der Waals surface area contributed by atoms with Crippen molar-refractivity contribution in [3.63, 3.8) is 0 Å². The van der Waals surface area contributed by atoms with Crippen molar-refractivity contribution in [1.29, 1.82) is 0 Å². The van der Waals surface area contributed by atoms with Gasteiger partial charge in [-0.05, 0) is 38.6 Å². The second kappa shape index (κ2) is 11.0. The largest absolute Gasteiger partial charge is 0.490 e. The molecule has 0 unspecified atom stereocenters. The van der Waals surface area contributed by atoms with Crippen molar-refractivity contribution < 1.29 is 36.3 Å². The number of sulfonamides is 1. The number of piperidine rings is 1. The third-order valence-corrected chi connectivity index (χ3v) is 8.60. The lowest BCUT2D eigenvalue weighted by molar-refractivity contribution is -0.192. The molecule has 4 rings (SSSR count). The van der Waals surface area contributed by atoms with Gasteiger partial charge >= 0.3 is 12.1 Å². The van der Waals surface area contributed by atoms with Crippen LogP contribution in [0, 0.1) is 5.92 Å². The number of hydrogen-bond acceptors (Lipinski definition) is 7. The number of carbonyl (C=O) groups is 2. The molecule has 36 heavy (non-hydrogen) atoms. The summed E-state index contributed by atoms with van der Waals surface area (Å²) in [5.41, 5.74) is -0.367. The van der Waals surface area contributed by atoms with E-state index in [1.165, 1.54) is 42.7 Å². The van der Waals surface area contributed by atoms with Crippen LogP contribution in [0.2, 0.25) is 0 Å². The van der Waals surface area contributed by atoms with E-state index in [-0.39, 0.29) is 11.4 Å². The van der Waals surface area contributed by atoms with Gasteiger partial charge in [0.2, 0.25) is 15.8 Å². The summed E-state index contributed by atoms with van der Waals surface area (Å²) < 4.78 is 59.0. The van der Waals surface area contributed by atoms with Crippen LogP contribution in [0.25, 0.3) is 0 Å². The van der Waals surface area contributed by atoms with E-state index in [4.69, 9.17) is 9.90 Å². The third-order valence-electron chi connectivity index (χ3n) is 7.30. The summed E-state index contributed by atoms with van der Waals surface area (Å²) >= 11 is 0. The first-order valence-corrected chi connectivity index (χ1v) is 13.8. The maximum Gasteiger partial charge on any atom is 0.490 e. The quantitative estimate of drug-likeness (QED) is 0.587. The Bertz CT molecular complexity index is 1050. The Morgan fingerprint density at radius 1 is 1.08 bits per heavy atom. The molecule has 0 bridgehead atoms. The van der Waals surface area contributed by atoms with Crippen LogP contribution in [0.1, 0.15) is 61.4 Å². The fraction of sp³-hybridized carbons (Fsp3) is 0.810. The van der Waals surface area contributed by atoms with Gasteiger partial charge in [0.1, 0.15) is 0 Å². The fourth-order valence-corrected chi connectivity index (χ4v) is 6.01. The second-order valence-corrected chi connectivity index (χ2v) is 11.6. The van der Waals surface area contributed by atoms with E-state index in [0.29, 0.717) is 50.8 Å². The average molecular weight is 539 g/mol. The maximum atomic E-state index is 12.8. The molecule has 1 saturated heterocycles. The number of carbonyl (C=O) groups excluding carboxylic acids is 1. The minimum absolute atomic E-state index is 0.150. The monoisotopic (exact) mass is 538 g/mol. The van der Waals surface area contributed by atoms with Crippen molar-refractivity contribution in [1.82, 2.24) is 29.3 Å². The molecule has 11 nitrogen and oxygen atoms in total. The molecule has 2 fully saturated rings. The SMILES string of the molecule is CN1CCn2c(C(=O)NCC3CCCCC3)nnc2C12CCN(S(C)(=O)=O)CC2.O=C(O)C(F)(F)F. The van der Waals surface area contributed by atoms with Crippen molar-refractivity contribution in [2.24, 2.45) is 5.92 Å². The molecule has 1 aromatic rings. The highest BCUT2D eigenvalue weighted by Crippen LogP contribution is 2.40. The predicted molar refractivity (Wildman–Crippen MR) is 123 cm³/mol. The number of carboxylic acids is 1. The predicted octanol–water partition coefficient (Wildman–Crippen LogP) is 1.42. The van der Waals surface area contributed by atoms with Crippen molar-refractivity contribution in [3.8, 4) is 0 Å². The Kier molecular flexibility index (Phi) is 8.66. The minimum atomic E-state index is -5.08. The number of halogens is 3. The number of aromatic nitrogens is 3. The number of alkyl halides is 3. The van der Waals surface area contributed by atoms with Gasteiger partial charge in [0.25, 0.3) is 5.91 Å². The Labute approximate surface area is 208 Å². The molecule has 0 radical (unpaired) electrons. The van der Waals surface area contributed by atoms with Crippen molar-refractivity contribution in [2.75, 3.05) is 39.5 Å². The first-order chi connectivity index (χ1) is 16.8. The van der Waals surface area contributed by atoms with Crippen LogP contribution in [0.3, 0.4) is 0 Å². The molecule has 204 valence electrons. The van der Waals surface area contributed by atoms with Crippen LogP contribution in [-0.2, 0) is 26.9 Å². The Balaban J connectivity index is 0.000000454. The van der Waals surface area contributed by atoms with Gasteiger partial charge in [-0.2, -0.15) is 13.2 Å². The fourth-order valence-electron chi connectivity index (χ4n) is 5.16. The van der Waals surface area contributed by atoms with Gasteiger partial charge in [-0.15, -0.1) is 10.2 Å². The average Bonchev–Trinajstić information content (AvgIpc) is 3.26. The summed E-state index contributed by atoms with van der Waals surface area (Å²) in [5, 5.41) is 18.9. The van der Waals surface area contributed by atoms with Crippen LogP contribution in [-0.4, -0.2) is 95.0 Å². The molecule has 3 heterocycles. The summed E-state index contributed by atoms with van der Waals surface area (Å²) in [4.78, 5) is 24.0. The summed E-state index contributed by atoms with van der Waals surface area (Å²) in [6.07, 6.45) is 3.64. The highest BCUT2D eigenvalue weighted by Gasteiger charge is 2.47. The van der Waals surface area contributed by atoms with Crippen LogP contribution in [0.5, 0.6) is 0 Å². The van der Waals surface area contributed by atoms with E-state index >= 15 is 0 Å². The number of rotatable bonds is 4. The number of aliphatic carboxylic acids is 1. The molecular formula is C21H33F3N6O5S. The number of nitrogens with zero attached hydrogens (tertiary/aromatic N) is 5. The molecule has 3 aliphatic rings. The molecule has 15 heteroatoms. The number of carboxylic acid groups (broad SMARTS) is 1. The number of hydrogen-bond donors (Lipinski definition) is 2. The van der Waals surface area contributed by atoms with Crippen LogP contribution in [0.15, 0.2) is 0 Å². The molecule has 0 aromatic carbocycles. The standard InChI is InChI=1S/C19H32N6O3S.C2HF3O2/c1-23-12-13-25-16(17(26)20-14-15-6-4-3-5-7-15)21-22-18(25)19(23)8-10-24(11-9-19)29(2,27)28;3-2(4,5)1(6)7/h15H,3-14H2,1-2H3,(H,20,26);(H,6,7). The molecule has 0 atom stereocenters. The molecule has 2 aliphatic heterocycles. The van der Waals surface area contributed by atoms with Gasteiger partial charge < -0.3 is 15.0 Å². The highest BCUT2D eigenvalue weighted by atomic mass is 32.2. The van der Waals surface area contributed by atoms with E-state index in [1.807, 2.05) is 4.57 Å². The molecular weight excluding hydrogens is 505 g/mol. The molecule has 1 spiro atoms. The molecule has 2 N–H and O–H groups in total. The summed E-state index contributed by atoms with van der Waals surface area (Å²) in [6.45, 7) is 3.07. The minimum Gasteiger partial charge on any atom is -0.475 e. The first kappa shape index (κ1) is 28.3. The van der Waals surface area contributed by atoms with E-state index in [0.717, 1.165) is 12.4 Å². The van der Waals surface area contributed by atoms with Gasteiger partial charge in [0, 0.05) is 32.7 Å². The summed E-state index contributed by atoms with van der Waals surface area (Å²) in [6, 6.07) is 0. The highest BCUT2D eigenvalue weighted by molar-refractivity contribution is 7.88. The van der Waals surface area contributed by atoms with Gasteiger partial charge in [-0.25, -0.2) is 17.5 Å². The van der Waals surface area contributed by atoms with Gasteiger partial charge in [-0.3, -0.25) is 9.69 Å². The number of nitrogens with one attached hydrogen (secondary N) is 1. The molecule has 1 aromatic heterocycles. The smallest absolute Gasteiger partial charge is 0.475 e. The lowest BCUT2D eigenvalue weighted by atomic mass is 9.84. The summed E-state index contributed by atoms with van der Waals surface area (Å²) in [7, 11) is -1.14. The lowest BCUT2D eigenvalue weighted by Gasteiger charge is -2.48. The number of amides is 1. The number of fused-ring (bicyclic) bond motifs is 2. The van der Waals surface area contributed by atoms with Gasteiger partial charge in [0.15, 0.2) is 5.82 Å². The van der Waals surface area contributed by atoms with Crippen molar-refractivity contribution >= 4 is 21.9 Å². The first-order valence-electron chi connectivity index (χ1n) is 11.9. The van der Waals surface area contributed by atoms with Crippen molar-refractivity contribution in [2.45, 2.75) is 63.2 Å². The summed E-state index contributed by atoms with van der Waals surface area (Å²) in [5.74, 6) is -1.17. The molecule has 1 amide bonds. The molecule has 1 aliphatic carbocycles. The van der Waals surface area contributed by atoms with Gasteiger partial charge in [-0.1, -0.05) is 19.3 Å². The number of likely N-dealkylation sites (N-methyl/N-ethyl adjacent to an activating group) is 1.